The fraction of sp³-hybridized carbons (Fsp3) is 0.233. The summed E-state index contributed by atoms with van der Waals surface area (Å²) in [7, 11) is 0. The van der Waals surface area contributed by atoms with Crippen molar-refractivity contribution in [1.29, 1.82) is 0 Å². The predicted octanol–water partition coefficient (Wildman–Crippen LogP) is 6.26. The second-order valence-corrected chi connectivity index (χ2v) is 10.6. The van der Waals surface area contributed by atoms with Crippen LogP contribution in [0.2, 0.25) is 0 Å². The van der Waals surface area contributed by atoms with Crippen LogP contribution in [0.25, 0.3) is 16.0 Å². The van der Waals surface area contributed by atoms with E-state index in [2.05, 4.69) is 0 Å². The Morgan fingerprint density at radius 2 is 1.76 bits per heavy atom. The summed E-state index contributed by atoms with van der Waals surface area (Å²) in [5, 5.41) is 22.2. The maximum absolute atomic E-state index is 13.6. The number of hydrogen-bond acceptors (Lipinski definition) is 7. The smallest absolute Gasteiger partial charge is 0.301 e. The molecular formula is C30H28N2O5S. The van der Waals surface area contributed by atoms with Gasteiger partial charge < -0.3 is 14.9 Å². The molecule has 0 bridgehead atoms. The van der Waals surface area contributed by atoms with Crippen molar-refractivity contribution >= 4 is 44.1 Å². The second-order valence-electron chi connectivity index (χ2n) is 9.57. The molecule has 1 unspecified atom stereocenters. The van der Waals surface area contributed by atoms with Crippen LogP contribution in [0, 0.1) is 27.7 Å². The summed E-state index contributed by atoms with van der Waals surface area (Å²) in [6, 6.07) is 13.3. The Morgan fingerprint density at radius 3 is 2.50 bits per heavy atom. The molecule has 1 fully saturated rings. The Morgan fingerprint density at radius 1 is 1.00 bits per heavy atom. The summed E-state index contributed by atoms with van der Waals surface area (Å²) in [5.41, 5.74) is 5.41. The number of aromatic nitrogens is 1. The number of carbonyl (C=O) groups excluding carboxylic acids is 2. The van der Waals surface area contributed by atoms with Crippen molar-refractivity contribution in [3.05, 3.63) is 87.5 Å². The van der Waals surface area contributed by atoms with Crippen molar-refractivity contribution < 1.29 is 24.5 Å². The molecule has 2 heterocycles. The van der Waals surface area contributed by atoms with Crippen LogP contribution < -0.4 is 9.64 Å². The number of ketones is 1. The normalized spacial score (nSPS) is 17.0. The van der Waals surface area contributed by atoms with Gasteiger partial charge >= 0.3 is 5.91 Å². The molecule has 38 heavy (non-hydrogen) atoms. The lowest BCUT2D eigenvalue weighted by Crippen LogP contribution is -2.29. The van der Waals surface area contributed by atoms with Crippen molar-refractivity contribution in [2.45, 2.75) is 40.7 Å². The van der Waals surface area contributed by atoms with Crippen LogP contribution in [0.4, 0.5) is 5.13 Å². The molecule has 1 aliphatic heterocycles. The lowest BCUT2D eigenvalue weighted by molar-refractivity contribution is -0.132. The van der Waals surface area contributed by atoms with Crippen LogP contribution in [0.5, 0.6) is 11.5 Å². The molecule has 0 radical (unpaired) electrons. The number of nitrogens with zero attached hydrogens (tertiary/aromatic N) is 2. The summed E-state index contributed by atoms with van der Waals surface area (Å²) < 4.78 is 6.49. The molecule has 0 saturated carbocycles. The van der Waals surface area contributed by atoms with Gasteiger partial charge in [0.25, 0.3) is 5.78 Å². The quantitative estimate of drug-likeness (QED) is 0.180. The molecule has 3 aromatic carbocycles. The highest BCUT2D eigenvalue weighted by molar-refractivity contribution is 7.22. The second kappa shape index (κ2) is 9.61. The van der Waals surface area contributed by atoms with Crippen LogP contribution in [0.15, 0.2) is 54.1 Å². The first-order valence-electron chi connectivity index (χ1n) is 12.3. The number of anilines is 1. The average molecular weight is 529 g/mol. The van der Waals surface area contributed by atoms with Gasteiger partial charge in [-0.25, -0.2) is 4.98 Å². The van der Waals surface area contributed by atoms with E-state index in [9.17, 15) is 19.8 Å². The van der Waals surface area contributed by atoms with Crippen molar-refractivity contribution in [2.75, 3.05) is 11.5 Å². The van der Waals surface area contributed by atoms with Crippen molar-refractivity contribution in [3.63, 3.8) is 0 Å². The molecule has 1 amide bonds. The van der Waals surface area contributed by atoms with E-state index >= 15 is 0 Å². The molecule has 0 aliphatic carbocycles. The first-order valence-corrected chi connectivity index (χ1v) is 13.1. The minimum atomic E-state index is -0.975. The fourth-order valence-corrected chi connectivity index (χ4v) is 6.08. The van der Waals surface area contributed by atoms with Gasteiger partial charge in [-0.05, 0) is 81.1 Å². The minimum Gasteiger partial charge on any atom is -0.507 e. The Labute approximate surface area is 224 Å². The summed E-state index contributed by atoms with van der Waals surface area (Å²) in [6.45, 7) is 9.80. The van der Waals surface area contributed by atoms with E-state index < -0.39 is 17.7 Å². The lowest BCUT2D eigenvalue weighted by Gasteiger charge is -2.24. The number of benzene rings is 3. The molecule has 7 nitrogen and oxygen atoms in total. The zero-order valence-corrected chi connectivity index (χ0v) is 22.6. The van der Waals surface area contributed by atoms with Crippen LogP contribution >= 0.6 is 11.3 Å². The highest BCUT2D eigenvalue weighted by atomic mass is 32.1. The molecule has 5 rings (SSSR count). The monoisotopic (exact) mass is 528 g/mol. The largest absolute Gasteiger partial charge is 0.507 e. The first kappa shape index (κ1) is 25.5. The third kappa shape index (κ3) is 4.20. The van der Waals surface area contributed by atoms with Gasteiger partial charge in [0.2, 0.25) is 0 Å². The number of Topliss-reactive ketones (excluding diaryl/α,β-unsaturated/α-hetero) is 1. The Hall–Kier alpha value is -4.17. The Balaban J connectivity index is 1.78. The van der Waals surface area contributed by atoms with E-state index in [1.807, 2.05) is 52.0 Å². The number of rotatable bonds is 5. The van der Waals surface area contributed by atoms with Crippen molar-refractivity contribution in [2.24, 2.45) is 0 Å². The number of amides is 1. The number of aromatic hydroxyl groups is 1. The van der Waals surface area contributed by atoms with Crippen molar-refractivity contribution in [3.8, 4) is 11.5 Å². The summed E-state index contributed by atoms with van der Waals surface area (Å²) in [5.74, 6) is -1.67. The van der Waals surface area contributed by atoms with E-state index in [1.165, 1.54) is 22.3 Å². The van der Waals surface area contributed by atoms with E-state index in [0.29, 0.717) is 22.9 Å². The molecule has 8 heteroatoms. The number of aliphatic hydroxyl groups is 1. The number of ether oxygens (including phenoxy) is 1. The van der Waals surface area contributed by atoms with E-state index in [0.717, 1.165) is 32.5 Å². The van der Waals surface area contributed by atoms with E-state index in [4.69, 9.17) is 9.72 Å². The SMILES string of the molecule is CCOc1cc(C2C(=C(O)c3cc(C)ccc3C)C(=O)C(=O)N2c2nc3c(C)cc(C)cc3s2)ccc1O. The van der Waals surface area contributed by atoms with Gasteiger partial charge in [-0.15, -0.1) is 0 Å². The van der Waals surface area contributed by atoms with Crippen LogP contribution in [0.1, 0.15) is 46.3 Å². The maximum Gasteiger partial charge on any atom is 0.301 e. The number of phenols is 1. The number of hydrogen-bond donors (Lipinski definition) is 2. The Kier molecular flexibility index (Phi) is 6.44. The molecular weight excluding hydrogens is 500 g/mol. The van der Waals surface area contributed by atoms with Crippen molar-refractivity contribution in [1.82, 2.24) is 4.98 Å². The van der Waals surface area contributed by atoms with Gasteiger partial charge in [-0.1, -0.05) is 41.2 Å². The molecule has 2 N–H and O–H groups in total. The van der Waals surface area contributed by atoms with Crippen LogP contribution in [-0.4, -0.2) is 33.5 Å². The number of phenolic OH excluding ortho intramolecular Hbond substituents is 1. The summed E-state index contributed by atoms with van der Waals surface area (Å²) >= 11 is 1.32. The summed E-state index contributed by atoms with van der Waals surface area (Å²) in [6.07, 6.45) is 0. The summed E-state index contributed by atoms with van der Waals surface area (Å²) in [4.78, 5) is 33.3. The molecule has 4 aromatic rings. The number of thiazole rings is 1. The predicted molar refractivity (Wildman–Crippen MR) is 149 cm³/mol. The number of aliphatic hydroxyl groups excluding tert-OH is 1. The van der Waals surface area contributed by atoms with E-state index in [-0.39, 0.29) is 22.8 Å². The third-order valence-corrected chi connectivity index (χ3v) is 7.72. The topological polar surface area (TPSA) is 100.0 Å². The highest BCUT2D eigenvalue weighted by Gasteiger charge is 2.48. The molecule has 1 aromatic heterocycles. The van der Waals surface area contributed by atoms with Gasteiger partial charge in [0.1, 0.15) is 5.76 Å². The standard InChI is InChI=1S/C30H28N2O5S/c1-6-37-22-14-19(9-10-21(22)33)26-24(27(34)20-12-15(2)7-8-17(20)4)28(35)29(36)32(26)30-31-25-18(5)11-16(3)13-23(25)38-30/h7-14,26,33-34H,6H2,1-5H3. The fourth-order valence-electron chi connectivity index (χ4n) is 4.92. The zero-order chi connectivity index (χ0) is 27.3. The number of aryl methyl sites for hydroxylation is 4. The van der Waals surface area contributed by atoms with Gasteiger partial charge in [0.05, 0.1) is 28.4 Å². The highest BCUT2D eigenvalue weighted by Crippen LogP contribution is 2.46. The van der Waals surface area contributed by atoms with Gasteiger partial charge in [-0.2, -0.15) is 0 Å². The maximum atomic E-state index is 13.6. The molecule has 1 saturated heterocycles. The van der Waals surface area contributed by atoms with Gasteiger partial charge in [0.15, 0.2) is 16.6 Å². The van der Waals surface area contributed by atoms with Gasteiger partial charge in [0, 0.05) is 5.56 Å². The molecule has 1 aliphatic rings. The third-order valence-electron chi connectivity index (χ3n) is 6.72. The zero-order valence-electron chi connectivity index (χ0n) is 21.8. The average Bonchev–Trinajstić information content (AvgIpc) is 3.40. The lowest BCUT2D eigenvalue weighted by atomic mass is 9.93. The van der Waals surface area contributed by atoms with E-state index in [1.54, 1.807) is 25.1 Å². The first-order chi connectivity index (χ1) is 18.1. The minimum absolute atomic E-state index is 0.0380. The molecule has 194 valence electrons. The molecule has 1 atom stereocenters. The van der Waals surface area contributed by atoms with Crippen LogP contribution in [0.3, 0.4) is 0 Å². The number of carbonyl (C=O) groups is 2. The molecule has 0 spiro atoms. The van der Waals surface area contributed by atoms with Crippen LogP contribution in [-0.2, 0) is 9.59 Å². The Bertz CT molecular complexity index is 1650. The van der Waals surface area contributed by atoms with Gasteiger partial charge in [-0.3, -0.25) is 14.5 Å². The number of fused-ring (bicyclic) bond motifs is 1.